The first kappa shape index (κ1) is 16.5. The van der Waals surface area contributed by atoms with Gasteiger partial charge in [-0.2, -0.15) is 18.3 Å². The Kier molecular flexibility index (Phi) is 4.68. The number of phenols is 1. The van der Waals surface area contributed by atoms with E-state index in [1.807, 2.05) is 6.92 Å². The first-order valence-electron chi connectivity index (χ1n) is 6.58. The van der Waals surface area contributed by atoms with Gasteiger partial charge >= 0.3 is 6.18 Å². The van der Waals surface area contributed by atoms with Crippen LogP contribution in [0.2, 0.25) is 0 Å². The van der Waals surface area contributed by atoms with Gasteiger partial charge in [0.25, 0.3) is 5.91 Å². The van der Waals surface area contributed by atoms with Crippen LogP contribution in [0, 0.1) is 6.92 Å². The minimum Gasteiger partial charge on any atom is -0.507 e. The van der Waals surface area contributed by atoms with E-state index < -0.39 is 23.4 Å². The molecule has 0 saturated carbocycles. The van der Waals surface area contributed by atoms with Crippen molar-refractivity contribution in [3.05, 3.63) is 64.7 Å². The van der Waals surface area contributed by atoms with Gasteiger partial charge in [-0.05, 0) is 31.2 Å². The summed E-state index contributed by atoms with van der Waals surface area (Å²) in [6.07, 6.45) is -3.71. The molecule has 0 fully saturated rings. The lowest BCUT2D eigenvalue weighted by Gasteiger charge is -2.10. The van der Waals surface area contributed by atoms with Crippen molar-refractivity contribution < 1.29 is 23.1 Å². The number of carbonyl (C=O) groups excluding carboxylic acids is 1. The molecule has 7 heteroatoms. The fourth-order valence-electron chi connectivity index (χ4n) is 1.82. The molecule has 4 nitrogen and oxygen atoms in total. The maximum absolute atomic E-state index is 12.7. The second kappa shape index (κ2) is 6.51. The molecule has 0 bridgehead atoms. The van der Waals surface area contributed by atoms with Crippen LogP contribution in [0.1, 0.15) is 27.0 Å². The summed E-state index contributed by atoms with van der Waals surface area (Å²) < 4.78 is 38.0. The fraction of sp³-hybridized carbons (Fsp3) is 0.125. The van der Waals surface area contributed by atoms with E-state index in [1.54, 1.807) is 24.3 Å². The van der Waals surface area contributed by atoms with Crippen LogP contribution in [-0.4, -0.2) is 17.2 Å². The van der Waals surface area contributed by atoms with Crippen LogP contribution in [0.25, 0.3) is 0 Å². The molecular formula is C16H13F3N2O2. The average Bonchev–Trinajstić information content (AvgIpc) is 2.48. The Labute approximate surface area is 130 Å². The molecule has 2 N–H and O–H groups in total. The predicted octanol–water partition coefficient (Wildman–Crippen LogP) is 3.48. The predicted molar refractivity (Wildman–Crippen MR) is 79.3 cm³/mol. The number of hydrogen-bond acceptors (Lipinski definition) is 3. The van der Waals surface area contributed by atoms with Crippen molar-refractivity contribution in [1.82, 2.24) is 5.43 Å². The van der Waals surface area contributed by atoms with E-state index >= 15 is 0 Å². The summed E-state index contributed by atoms with van der Waals surface area (Å²) in [5.41, 5.74) is 2.23. The number of aromatic hydroxyl groups is 1. The Hall–Kier alpha value is -2.83. The van der Waals surface area contributed by atoms with Crippen molar-refractivity contribution in [2.45, 2.75) is 13.1 Å². The Morgan fingerprint density at radius 2 is 1.83 bits per heavy atom. The molecule has 1 amide bonds. The monoisotopic (exact) mass is 322 g/mol. The number of aryl methyl sites for hydroxylation is 1. The minimum absolute atomic E-state index is 0.149. The number of amides is 1. The van der Waals surface area contributed by atoms with Gasteiger partial charge in [0.15, 0.2) is 0 Å². The highest BCUT2D eigenvalue weighted by molar-refractivity contribution is 5.95. The number of phenolic OH excluding ortho intramolecular Hbond substituents is 1. The van der Waals surface area contributed by atoms with E-state index in [1.165, 1.54) is 6.07 Å². The van der Waals surface area contributed by atoms with Gasteiger partial charge in [0.1, 0.15) is 5.75 Å². The second-order valence-electron chi connectivity index (χ2n) is 4.81. The van der Waals surface area contributed by atoms with Gasteiger partial charge in [-0.1, -0.05) is 23.8 Å². The molecule has 2 rings (SSSR count). The molecule has 2 aromatic rings. The van der Waals surface area contributed by atoms with Crippen molar-refractivity contribution in [2.75, 3.05) is 0 Å². The van der Waals surface area contributed by atoms with E-state index in [9.17, 15) is 23.1 Å². The Morgan fingerprint density at radius 3 is 2.43 bits per heavy atom. The van der Waals surface area contributed by atoms with Crippen LogP contribution >= 0.6 is 0 Å². The van der Waals surface area contributed by atoms with E-state index in [0.29, 0.717) is 5.56 Å². The highest BCUT2D eigenvalue weighted by atomic mass is 19.4. The Balaban J connectivity index is 2.12. The molecular weight excluding hydrogens is 309 g/mol. The number of rotatable bonds is 3. The summed E-state index contributed by atoms with van der Waals surface area (Å²) in [6, 6.07) is 9.85. The number of para-hydroxylation sites is 1. The Bertz CT molecular complexity index is 738. The summed E-state index contributed by atoms with van der Waals surface area (Å²) in [5, 5.41) is 13.2. The summed E-state index contributed by atoms with van der Waals surface area (Å²) in [6.45, 7) is 1.87. The van der Waals surface area contributed by atoms with Gasteiger partial charge < -0.3 is 5.11 Å². The zero-order chi connectivity index (χ0) is 17.0. The van der Waals surface area contributed by atoms with Crippen LogP contribution in [0.4, 0.5) is 13.2 Å². The van der Waals surface area contributed by atoms with Crippen LogP contribution in [0.5, 0.6) is 5.75 Å². The van der Waals surface area contributed by atoms with Crippen LogP contribution in [0.15, 0.2) is 47.6 Å². The van der Waals surface area contributed by atoms with Crippen molar-refractivity contribution >= 4 is 12.1 Å². The molecule has 0 aromatic heterocycles. The molecule has 0 aliphatic rings. The molecule has 2 aromatic carbocycles. The van der Waals surface area contributed by atoms with Gasteiger partial charge in [0.2, 0.25) is 0 Å². The summed E-state index contributed by atoms with van der Waals surface area (Å²) in [4.78, 5) is 11.8. The van der Waals surface area contributed by atoms with Gasteiger partial charge in [-0.25, -0.2) is 5.43 Å². The summed E-state index contributed by atoms with van der Waals surface area (Å²) >= 11 is 0. The fourth-order valence-corrected chi connectivity index (χ4v) is 1.82. The van der Waals surface area contributed by atoms with Crippen molar-refractivity contribution in [1.29, 1.82) is 0 Å². The summed E-state index contributed by atoms with van der Waals surface area (Å²) in [5.74, 6) is -1.44. The molecule has 23 heavy (non-hydrogen) atoms. The Morgan fingerprint density at radius 1 is 1.17 bits per heavy atom. The van der Waals surface area contributed by atoms with Crippen LogP contribution < -0.4 is 5.43 Å². The number of nitrogens with zero attached hydrogens (tertiary/aromatic N) is 1. The second-order valence-corrected chi connectivity index (χ2v) is 4.81. The van der Waals surface area contributed by atoms with Crippen molar-refractivity contribution in [2.24, 2.45) is 5.10 Å². The van der Waals surface area contributed by atoms with E-state index in [0.717, 1.165) is 23.9 Å². The van der Waals surface area contributed by atoms with E-state index in [2.05, 4.69) is 10.5 Å². The summed E-state index contributed by atoms with van der Waals surface area (Å²) in [7, 11) is 0. The maximum atomic E-state index is 12.7. The quantitative estimate of drug-likeness (QED) is 0.671. The molecule has 0 heterocycles. The van der Waals surface area contributed by atoms with Crippen molar-refractivity contribution in [3.8, 4) is 5.75 Å². The number of hydrazone groups is 1. The van der Waals surface area contributed by atoms with E-state index in [-0.39, 0.29) is 5.56 Å². The molecule has 0 aliphatic carbocycles. The molecule has 0 atom stereocenters. The highest BCUT2D eigenvalue weighted by Gasteiger charge is 2.34. The van der Waals surface area contributed by atoms with Crippen LogP contribution in [0.3, 0.4) is 0 Å². The number of alkyl halides is 3. The maximum Gasteiger partial charge on any atom is 0.419 e. The first-order chi connectivity index (χ1) is 10.8. The zero-order valence-corrected chi connectivity index (χ0v) is 12.1. The standard InChI is InChI=1S/C16H13F3N2O2/c1-10-5-7-11(8-6-10)15(23)21-20-9-12-3-2-4-13(14(12)22)16(17,18)19/h2-9,22H,1H3,(H,21,23)/b20-9+. The molecule has 0 saturated heterocycles. The normalized spacial score (nSPS) is 11.7. The molecule has 0 unspecified atom stereocenters. The average molecular weight is 322 g/mol. The van der Waals surface area contributed by atoms with Crippen LogP contribution in [-0.2, 0) is 6.18 Å². The van der Waals surface area contributed by atoms with Gasteiger partial charge in [-0.15, -0.1) is 0 Å². The van der Waals surface area contributed by atoms with Gasteiger partial charge in [0, 0.05) is 11.1 Å². The third kappa shape index (κ3) is 4.09. The lowest BCUT2D eigenvalue weighted by molar-refractivity contribution is -0.138. The highest BCUT2D eigenvalue weighted by Crippen LogP contribution is 2.36. The lowest BCUT2D eigenvalue weighted by Crippen LogP contribution is -2.17. The van der Waals surface area contributed by atoms with Crippen molar-refractivity contribution in [3.63, 3.8) is 0 Å². The zero-order valence-electron chi connectivity index (χ0n) is 12.1. The van der Waals surface area contributed by atoms with Gasteiger partial charge in [-0.3, -0.25) is 4.79 Å². The smallest absolute Gasteiger partial charge is 0.419 e. The third-order valence-corrected chi connectivity index (χ3v) is 3.06. The number of benzene rings is 2. The largest absolute Gasteiger partial charge is 0.507 e. The first-order valence-corrected chi connectivity index (χ1v) is 6.58. The number of halogens is 3. The lowest BCUT2D eigenvalue weighted by atomic mass is 10.1. The number of nitrogens with one attached hydrogen (secondary N) is 1. The molecule has 0 radical (unpaired) electrons. The third-order valence-electron chi connectivity index (χ3n) is 3.06. The molecule has 120 valence electrons. The molecule has 0 spiro atoms. The number of carbonyl (C=O) groups is 1. The SMILES string of the molecule is Cc1ccc(C(=O)N/N=C/c2cccc(C(F)(F)F)c2O)cc1. The number of hydrogen-bond donors (Lipinski definition) is 2. The van der Waals surface area contributed by atoms with Gasteiger partial charge in [0.05, 0.1) is 11.8 Å². The van der Waals surface area contributed by atoms with E-state index in [4.69, 9.17) is 0 Å². The minimum atomic E-state index is -4.67. The molecule has 0 aliphatic heterocycles. The topological polar surface area (TPSA) is 61.7 Å².